The lowest BCUT2D eigenvalue weighted by atomic mass is 10.1. The summed E-state index contributed by atoms with van der Waals surface area (Å²) in [7, 11) is -3.62. The minimum absolute atomic E-state index is 0.00920. The van der Waals surface area contributed by atoms with E-state index >= 15 is 0 Å². The fourth-order valence-electron chi connectivity index (χ4n) is 2.73. The van der Waals surface area contributed by atoms with Gasteiger partial charge in [-0.25, -0.2) is 13.2 Å². The minimum atomic E-state index is -3.62. The first-order chi connectivity index (χ1) is 15.5. The van der Waals surface area contributed by atoms with E-state index in [9.17, 15) is 18.0 Å². The van der Waals surface area contributed by atoms with Crippen molar-refractivity contribution in [3.05, 3.63) is 69.2 Å². The van der Waals surface area contributed by atoms with Gasteiger partial charge in [-0.1, -0.05) is 29.3 Å². The maximum absolute atomic E-state index is 12.4. The number of esters is 1. The molecule has 0 saturated heterocycles. The molecular formula is C20H12Cl2N4O5S2. The quantitative estimate of drug-likeness (QED) is 0.368. The average molecular weight is 523 g/mol. The normalized spacial score (nSPS) is 17.1. The fraction of sp³-hybridized carbons (Fsp3) is 0.0500. The maximum atomic E-state index is 12.4. The number of hydrazone groups is 1. The van der Waals surface area contributed by atoms with Crippen LogP contribution in [0.2, 0.25) is 10.0 Å². The van der Waals surface area contributed by atoms with Crippen molar-refractivity contribution >= 4 is 78.1 Å². The molecule has 1 N–H and O–H groups in total. The van der Waals surface area contributed by atoms with Gasteiger partial charge in [0.1, 0.15) is 5.75 Å². The van der Waals surface area contributed by atoms with Gasteiger partial charge in [0.15, 0.2) is 5.84 Å². The molecule has 0 atom stereocenters. The van der Waals surface area contributed by atoms with Crippen molar-refractivity contribution in [2.24, 2.45) is 10.1 Å². The molecule has 2 aliphatic heterocycles. The summed E-state index contributed by atoms with van der Waals surface area (Å²) in [6, 6.07) is 10.6. The van der Waals surface area contributed by atoms with E-state index in [2.05, 4.69) is 10.1 Å². The molecule has 2 aromatic rings. The first kappa shape index (κ1) is 23.2. The van der Waals surface area contributed by atoms with Crippen molar-refractivity contribution in [3.63, 3.8) is 0 Å². The van der Waals surface area contributed by atoms with E-state index in [1.54, 1.807) is 12.1 Å². The molecule has 9 nitrogen and oxygen atoms in total. The molecule has 2 heterocycles. The van der Waals surface area contributed by atoms with Gasteiger partial charge in [-0.05, 0) is 59.8 Å². The van der Waals surface area contributed by atoms with Gasteiger partial charge in [-0.2, -0.15) is 10.0 Å². The zero-order valence-corrected chi connectivity index (χ0v) is 19.7. The number of rotatable bonds is 3. The Kier molecular flexibility index (Phi) is 6.14. The zero-order valence-electron chi connectivity index (χ0n) is 16.6. The van der Waals surface area contributed by atoms with E-state index in [4.69, 9.17) is 33.3 Å². The van der Waals surface area contributed by atoms with E-state index in [0.717, 1.165) is 11.3 Å². The highest BCUT2D eigenvalue weighted by atomic mass is 35.5. The molecule has 168 valence electrons. The molecule has 2 aromatic carbocycles. The molecule has 0 aliphatic carbocycles. The van der Waals surface area contributed by atoms with E-state index in [1.807, 2.05) is 0 Å². The number of amides is 1. The Bertz CT molecular complexity index is 1420. The molecule has 0 saturated carbocycles. The Balaban J connectivity index is 1.57. The second-order valence-corrected chi connectivity index (χ2v) is 10.7. The van der Waals surface area contributed by atoms with Crippen LogP contribution in [0.3, 0.4) is 0 Å². The van der Waals surface area contributed by atoms with Crippen molar-refractivity contribution in [3.8, 4) is 5.75 Å². The number of benzene rings is 2. The van der Waals surface area contributed by atoms with Crippen LogP contribution in [-0.2, 0) is 14.6 Å². The third kappa shape index (κ3) is 4.86. The zero-order chi connectivity index (χ0) is 23.9. The van der Waals surface area contributed by atoms with Crippen molar-refractivity contribution in [1.82, 2.24) is 5.01 Å². The number of ether oxygens (including phenoxy) is 1. The first-order valence-corrected chi connectivity index (χ1v) is 12.5. The SMILES string of the molecule is CS(=O)(=O)C1=NN2C(=N)/C(=C/c3ccc(OC(=O)c4ccc(Cl)cc4)c(Cl)c3)C(=O)N=C2S1. The molecule has 0 spiro atoms. The predicted octanol–water partition coefficient (Wildman–Crippen LogP) is 3.83. The number of amidine groups is 2. The highest BCUT2D eigenvalue weighted by Crippen LogP contribution is 2.31. The van der Waals surface area contributed by atoms with Crippen molar-refractivity contribution in [1.29, 1.82) is 5.41 Å². The molecule has 0 radical (unpaired) electrons. The van der Waals surface area contributed by atoms with Gasteiger partial charge >= 0.3 is 5.97 Å². The Labute approximate surface area is 202 Å². The summed E-state index contributed by atoms with van der Waals surface area (Å²) in [6.45, 7) is 0. The third-order valence-corrected chi connectivity index (χ3v) is 7.43. The van der Waals surface area contributed by atoms with Crippen LogP contribution in [0.25, 0.3) is 6.08 Å². The number of fused-ring (bicyclic) bond motifs is 1. The van der Waals surface area contributed by atoms with Crippen molar-refractivity contribution in [2.75, 3.05) is 6.26 Å². The molecule has 0 bridgehead atoms. The molecule has 2 aliphatic rings. The number of carbonyl (C=O) groups excluding carboxylic acids is 2. The molecule has 0 unspecified atom stereocenters. The van der Waals surface area contributed by atoms with Crippen LogP contribution in [-0.4, -0.2) is 46.9 Å². The summed E-state index contributed by atoms with van der Waals surface area (Å²) in [5.74, 6) is -1.58. The molecule has 0 aromatic heterocycles. The third-order valence-electron chi connectivity index (χ3n) is 4.30. The number of sulfone groups is 1. The lowest BCUT2D eigenvalue weighted by Crippen LogP contribution is -2.35. The maximum Gasteiger partial charge on any atom is 0.343 e. The van der Waals surface area contributed by atoms with Crippen LogP contribution in [0.4, 0.5) is 0 Å². The summed E-state index contributed by atoms with van der Waals surface area (Å²) in [5.41, 5.74) is 0.603. The monoisotopic (exact) mass is 522 g/mol. The lowest BCUT2D eigenvalue weighted by molar-refractivity contribution is -0.114. The number of nitrogens with zero attached hydrogens (tertiary/aromatic N) is 3. The molecule has 1 amide bonds. The van der Waals surface area contributed by atoms with Crippen molar-refractivity contribution in [2.45, 2.75) is 0 Å². The number of hydrogen-bond donors (Lipinski definition) is 1. The number of halogens is 2. The van der Waals surface area contributed by atoms with Crippen LogP contribution in [0.15, 0.2) is 58.1 Å². The van der Waals surface area contributed by atoms with E-state index in [1.165, 1.54) is 36.4 Å². The highest BCUT2D eigenvalue weighted by molar-refractivity contribution is 8.42. The van der Waals surface area contributed by atoms with Crippen LogP contribution < -0.4 is 4.74 Å². The van der Waals surface area contributed by atoms with Gasteiger partial charge in [0.2, 0.25) is 19.4 Å². The highest BCUT2D eigenvalue weighted by Gasteiger charge is 2.38. The van der Waals surface area contributed by atoms with Crippen LogP contribution >= 0.6 is 35.0 Å². The minimum Gasteiger partial charge on any atom is -0.421 e. The summed E-state index contributed by atoms with van der Waals surface area (Å²) >= 11 is 12.8. The standard InChI is InChI=1S/C20H12Cl2N4O5S2/c1-33(29,30)20-25-26-16(23)13(17(27)24-19(26)32-20)8-10-2-7-15(14(22)9-10)31-18(28)11-3-5-12(21)6-4-11/h2-9,23H,1H3/b13-8-,23-16?. The largest absolute Gasteiger partial charge is 0.421 e. The van der Waals surface area contributed by atoms with Gasteiger partial charge in [-0.15, -0.1) is 5.10 Å². The second kappa shape index (κ2) is 8.75. The van der Waals surface area contributed by atoms with Gasteiger partial charge in [0.05, 0.1) is 16.2 Å². The molecule has 0 fully saturated rings. The van der Waals surface area contributed by atoms with Gasteiger partial charge in [0, 0.05) is 11.3 Å². The van der Waals surface area contributed by atoms with Gasteiger partial charge in [-0.3, -0.25) is 10.2 Å². The molecule has 4 rings (SSSR count). The number of nitrogens with one attached hydrogen (secondary N) is 1. The molecular weight excluding hydrogens is 511 g/mol. The van der Waals surface area contributed by atoms with Crippen LogP contribution in [0, 0.1) is 5.41 Å². The van der Waals surface area contributed by atoms with Crippen LogP contribution in [0.1, 0.15) is 15.9 Å². The smallest absolute Gasteiger partial charge is 0.343 e. The molecule has 33 heavy (non-hydrogen) atoms. The van der Waals surface area contributed by atoms with E-state index < -0.39 is 21.7 Å². The van der Waals surface area contributed by atoms with Gasteiger partial charge < -0.3 is 4.74 Å². The second-order valence-electron chi connectivity index (χ2n) is 6.74. The van der Waals surface area contributed by atoms with Crippen LogP contribution in [0.5, 0.6) is 5.75 Å². The fourth-order valence-corrected chi connectivity index (χ4v) is 4.76. The summed E-state index contributed by atoms with van der Waals surface area (Å²) in [6.07, 6.45) is 2.34. The Morgan fingerprint density at radius 1 is 1.18 bits per heavy atom. The Morgan fingerprint density at radius 3 is 2.52 bits per heavy atom. The van der Waals surface area contributed by atoms with E-state index in [-0.39, 0.29) is 37.3 Å². The summed E-state index contributed by atoms with van der Waals surface area (Å²) in [4.78, 5) is 28.5. The Hall–Kier alpha value is -2.99. The lowest BCUT2D eigenvalue weighted by Gasteiger charge is -2.20. The van der Waals surface area contributed by atoms with E-state index in [0.29, 0.717) is 22.3 Å². The average Bonchev–Trinajstić information content (AvgIpc) is 3.18. The summed E-state index contributed by atoms with van der Waals surface area (Å²) < 4.78 is 28.5. The summed E-state index contributed by atoms with van der Waals surface area (Å²) in [5, 5.41) is 13.7. The number of aliphatic imine (C=N–C) groups is 1. The van der Waals surface area contributed by atoms with Gasteiger partial charge in [0.25, 0.3) is 5.91 Å². The number of carbonyl (C=O) groups is 2. The number of thioether (sulfide) groups is 1. The number of hydrogen-bond acceptors (Lipinski definition) is 8. The Morgan fingerprint density at radius 2 is 1.88 bits per heavy atom. The van der Waals surface area contributed by atoms with Crippen molar-refractivity contribution < 1.29 is 22.7 Å². The molecule has 13 heteroatoms. The topological polar surface area (TPSA) is 129 Å². The first-order valence-electron chi connectivity index (χ1n) is 9.00. The predicted molar refractivity (Wildman–Crippen MR) is 128 cm³/mol.